The molecular weight excluding hydrogens is 572 g/mol. The van der Waals surface area contributed by atoms with Crippen LogP contribution in [0.1, 0.15) is 98.6 Å². The summed E-state index contributed by atoms with van der Waals surface area (Å²) >= 11 is 0. The number of aromatic nitrogens is 2. The van der Waals surface area contributed by atoms with Crippen molar-refractivity contribution in [3.63, 3.8) is 0 Å². The van der Waals surface area contributed by atoms with E-state index in [1.165, 1.54) is 6.92 Å². The van der Waals surface area contributed by atoms with Gasteiger partial charge in [-0.3, -0.25) is 9.59 Å². The van der Waals surface area contributed by atoms with Crippen molar-refractivity contribution in [3.8, 4) is 11.6 Å². The zero-order chi connectivity index (χ0) is 32.5. The average molecular weight is 623 g/mol. The highest BCUT2D eigenvalue weighted by molar-refractivity contribution is 5.92. The van der Waals surface area contributed by atoms with E-state index in [9.17, 15) is 14.4 Å². The lowest BCUT2D eigenvalue weighted by Crippen LogP contribution is -2.58. The minimum absolute atomic E-state index is 0.113. The molecule has 2 bridgehead atoms. The normalized spacial score (nSPS) is 29.9. The fraction of sp³-hybridized carbons (Fsp3) is 0.686. The molecule has 246 valence electrons. The number of ketones is 1. The number of carbonyl (C=O) groups excluding carboxylic acids is 3. The Morgan fingerprint density at radius 1 is 1.11 bits per heavy atom. The number of amides is 2. The van der Waals surface area contributed by atoms with Gasteiger partial charge in [0.1, 0.15) is 29.2 Å². The largest absolute Gasteiger partial charge is 0.497 e. The third-order valence-corrected chi connectivity index (χ3v) is 10.2. The van der Waals surface area contributed by atoms with E-state index in [2.05, 4.69) is 5.32 Å². The number of alkyl carbamates (subject to hydrolysis) is 1. The molecule has 2 aliphatic heterocycles. The first kappa shape index (κ1) is 32.9. The molecule has 0 radical (unpaired) electrons. The Balaban J connectivity index is 1.56. The Bertz CT molecular complexity index is 1420. The lowest BCUT2D eigenvalue weighted by molar-refractivity contribution is -0.141. The number of carbonyl (C=O) groups is 3. The van der Waals surface area contributed by atoms with Crippen molar-refractivity contribution < 1.29 is 28.6 Å². The van der Waals surface area contributed by atoms with Crippen molar-refractivity contribution >= 4 is 28.8 Å². The van der Waals surface area contributed by atoms with E-state index in [1.54, 1.807) is 12.0 Å². The molecule has 1 aromatic heterocycles. The number of hydrogen-bond acceptors (Lipinski definition) is 8. The summed E-state index contributed by atoms with van der Waals surface area (Å²) in [6.45, 7) is 11.5. The van der Waals surface area contributed by atoms with Gasteiger partial charge in [-0.1, -0.05) is 40.5 Å². The first-order chi connectivity index (χ1) is 21.3. The van der Waals surface area contributed by atoms with Crippen molar-refractivity contribution in [2.24, 2.45) is 17.3 Å². The first-order valence-corrected chi connectivity index (χ1v) is 16.7. The lowest BCUT2D eigenvalue weighted by atomic mass is 9.85. The number of benzene rings is 1. The molecule has 10 nitrogen and oxygen atoms in total. The standard InChI is InChI=1S/C35H50N4O6/c1-8-24-28-20-39(29(24)21(2)40)32(41)30(34(3,4)5)38-33(42)45-35(6)18-12-14-22(35)13-10-9-11-15-26-31(44-28)37-27-19-23(43-7)16-17-25(27)36-26/h16-17,19,22,24,28-30H,8-15,18,20H2,1-7H3,(H,38,42)/t22-,24-,28+,29-,30-,35-/m1/s1. The fourth-order valence-corrected chi connectivity index (χ4v) is 7.64. The maximum absolute atomic E-state index is 14.4. The zero-order valence-electron chi connectivity index (χ0n) is 28.0. The Labute approximate surface area is 267 Å². The number of hydrogen-bond donors (Lipinski definition) is 1. The molecule has 1 aliphatic carbocycles. The van der Waals surface area contributed by atoms with Crippen molar-refractivity contribution in [2.45, 2.75) is 123 Å². The minimum atomic E-state index is -0.895. The van der Waals surface area contributed by atoms with E-state index < -0.39 is 35.3 Å². The van der Waals surface area contributed by atoms with Crippen LogP contribution in [0.2, 0.25) is 0 Å². The Kier molecular flexibility index (Phi) is 9.61. The van der Waals surface area contributed by atoms with Gasteiger partial charge in [0, 0.05) is 12.0 Å². The smallest absolute Gasteiger partial charge is 0.408 e. The second-order valence-electron chi connectivity index (χ2n) is 14.4. The highest BCUT2D eigenvalue weighted by Crippen LogP contribution is 2.42. The summed E-state index contributed by atoms with van der Waals surface area (Å²) in [4.78, 5) is 52.5. The highest BCUT2D eigenvalue weighted by Gasteiger charge is 2.50. The number of ether oxygens (including phenoxy) is 3. The molecular formula is C35H50N4O6. The SMILES string of the molecule is CC[C@@H]1[C@@H]2CN(C(=O)[C@H](C(C)(C)C)NC(=O)O[C@]3(C)CCC[C@H]3CCCCCc3nc4ccc(OC)cc4nc3O2)[C@@H]1C(C)=O. The van der Waals surface area contributed by atoms with Crippen LogP contribution in [0.25, 0.3) is 11.0 Å². The number of methoxy groups -OCH3 is 1. The Morgan fingerprint density at radius 3 is 2.56 bits per heavy atom. The maximum atomic E-state index is 14.4. The molecule has 3 aliphatic rings. The number of Topliss-reactive ketones (excluding diaryl/α,β-unsaturated/α-hetero) is 1. The van der Waals surface area contributed by atoms with E-state index in [-0.39, 0.29) is 30.1 Å². The quantitative estimate of drug-likeness (QED) is 0.441. The number of fused-ring (bicyclic) bond motifs is 5. The minimum Gasteiger partial charge on any atom is -0.497 e. The third-order valence-electron chi connectivity index (χ3n) is 10.2. The third kappa shape index (κ3) is 6.89. The van der Waals surface area contributed by atoms with Gasteiger partial charge in [-0.2, -0.15) is 0 Å². The van der Waals surface area contributed by atoms with E-state index in [0.29, 0.717) is 30.0 Å². The zero-order valence-corrected chi connectivity index (χ0v) is 28.0. The molecule has 1 aromatic carbocycles. The molecule has 1 N–H and O–H groups in total. The number of aryl methyl sites for hydroxylation is 1. The van der Waals surface area contributed by atoms with Gasteiger partial charge in [-0.05, 0) is 82.3 Å². The summed E-state index contributed by atoms with van der Waals surface area (Å²) in [5, 5.41) is 2.93. The summed E-state index contributed by atoms with van der Waals surface area (Å²) in [6.07, 6.45) is 6.96. The van der Waals surface area contributed by atoms with Crippen molar-refractivity contribution in [1.82, 2.24) is 20.2 Å². The monoisotopic (exact) mass is 622 g/mol. The topological polar surface area (TPSA) is 120 Å². The summed E-state index contributed by atoms with van der Waals surface area (Å²) in [5.41, 5.74) is 0.987. The molecule has 0 spiro atoms. The molecule has 2 aromatic rings. The van der Waals surface area contributed by atoms with Crippen LogP contribution in [-0.2, 0) is 20.7 Å². The van der Waals surface area contributed by atoms with E-state index in [4.69, 9.17) is 24.2 Å². The van der Waals surface area contributed by atoms with Gasteiger partial charge in [0.25, 0.3) is 0 Å². The second-order valence-corrected chi connectivity index (χ2v) is 14.4. The van der Waals surface area contributed by atoms with Crippen LogP contribution in [-0.4, -0.2) is 70.1 Å². The van der Waals surface area contributed by atoms with Gasteiger partial charge in [0.15, 0.2) is 5.78 Å². The van der Waals surface area contributed by atoms with Gasteiger partial charge in [-0.15, -0.1) is 0 Å². The molecule has 0 unspecified atom stereocenters. The molecule has 10 heteroatoms. The van der Waals surface area contributed by atoms with Crippen LogP contribution in [0.5, 0.6) is 11.6 Å². The lowest BCUT2D eigenvalue weighted by Gasteiger charge is -2.37. The van der Waals surface area contributed by atoms with Crippen molar-refractivity contribution in [2.75, 3.05) is 13.7 Å². The Hall–Kier alpha value is -3.43. The number of nitrogens with zero attached hydrogens (tertiary/aromatic N) is 3. The molecule has 1 saturated heterocycles. The van der Waals surface area contributed by atoms with Gasteiger partial charge < -0.3 is 24.4 Å². The fourth-order valence-electron chi connectivity index (χ4n) is 7.64. The summed E-state index contributed by atoms with van der Waals surface area (Å²) in [6, 6.07) is 4.04. The number of rotatable bonds is 3. The van der Waals surface area contributed by atoms with Crippen LogP contribution in [0.3, 0.4) is 0 Å². The molecule has 3 heterocycles. The molecule has 2 amide bonds. The maximum Gasteiger partial charge on any atom is 0.408 e. The number of nitrogens with one attached hydrogen (secondary N) is 1. The average Bonchev–Trinajstić information content (AvgIpc) is 3.53. The van der Waals surface area contributed by atoms with E-state index in [1.807, 2.05) is 52.8 Å². The summed E-state index contributed by atoms with van der Waals surface area (Å²) in [7, 11) is 1.62. The molecule has 6 atom stereocenters. The highest BCUT2D eigenvalue weighted by atomic mass is 16.6. The predicted molar refractivity (Wildman–Crippen MR) is 171 cm³/mol. The van der Waals surface area contributed by atoms with Crippen LogP contribution in [0.4, 0.5) is 4.79 Å². The molecule has 2 fully saturated rings. The van der Waals surface area contributed by atoms with Crippen molar-refractivity contribution in [3.05, 3.63) is 23.9 Å². The molecule has 45 heavy (non-hydrogen) atoms. The molecule has 5 rings (SSSR count). The first-order valence-electron chi connectivity index (χ1n) is 16.7. The van der Waals surface area contributed by atoms with Crippen LogP contribution in [0, 0.1) is 17.3 Å². The molecule has 1 saturated carbocycles. The van der Waals surface area contributed by atoms with E-state index >= 15 is 0 Å². The van der Waals surface area contributed by atoms with Gasteiger partial charge in [-0.25, -0.2) is 14.8 Å². The Morgan fingerprint density at radius 2 is 1.87 bits per heavy atom. The predicted octanol–water partition coefficient (Wildman–Crippen LogP) is 6.03. The second kappa shape index (κ2) is 13.1. The van der Waals surface area contributed by atoms with Gasteiger partial charge in [0.2, 0.25) is 11.8 Å². The van der Waals surface area contributed by atoms with Crippen molar-refractivity contribution in [1.29, 1.82) is 0 Å². The van der Waals surface area contributed by atoms with Gasteiger partial charge in [0.05, 0.1) is 30.7 Å². The van der Waals surface area contributed by atoms with Crippen LogP contribution in [0.15, 0.2) is 18.2 Å². The van der Waals surface area contributed by atoms with E-state index in [0.717, 1.165) is 56.2 Å². The summed E-state index contributed by atoms with van der Waals surface area (Å²) in [5.74, 6) is 0.693. The van der Waals surface area contributed by atoms with Crippen LogP contribution >= 0.6 is 0 Å². The van der Waals surface area contributed by atoms with Crippen LogP contribution < -0.4 is 14.8 Å². The van der Waals surface area contributed by atoms with Gasteiger partial charge >= 0.3 is 6.09 Å². The summed E-state index contributed by atoms with van der Waals surface area (Å²) < 4.78 is 18.3.